The molecule has 17 heavy (non-hydrogen) atoms. The molecule has 0 amide bonds. The van der Waals surface area contributed by atoms with E-state index in [-0.39, 0.29) is 0 Å². The summed E-state index contributed by atoms with van der Waals surface area (Å²) in [6, 6.07) is 8.11. The minimum absolute atomic E-state index is 0.450. The van der Waals surface area contributed by atoms with Crippen LogP contribution in [-0.2, 0) is 0 Å². The second-order valence-electron chi connectivity index (χ2n) is 4.64. The Morgan fingerprint density at radius 2 is 2.41 bits per heavy atom. The molecule has 0 saturated carbocycles. The van der Waals surface area contributed by atoms with Crippen molar-refractivity contribution in [1.29, 1.82) is 0 Å². The molecule has 1 aliphatic heterocycles. The molecule has 1 heterocycles. The highest BCUT2D eigenvalue weighted by Crippen LogP contribution is 2.24. The van der Waals surface area contributed by atoms with Crippen molar-refractivity contribution in [2.45, 2.75) is 18.6 Å². The number of hydrogen-bond donors (Lipinski definition) is 2. The number of rotatable bonds is 4. The van der Waals surface area contributed by atoms with Crippen molar-refractivity contribution in [3.8, 4) is 0 Å². The fourth-order valence-electron chi connectivity index (χ4n) is 2.16. The van der Waals surface area contributed by atoms with E-state index in [0.717, 1.165) is 5.56 Å². The van der Waals surface area contributed by atoms with E-state index >= 15 is 0 Å². The molecule has 3 nitrogen and oxygen atoms in total. The summed E-state index contributed by atoms with van der Waals surface area (Å²) in [6.07, 6.45) is 0.777. The van der Waals surface area contributed by atoms with Gasteiger partial charge in [0.05, 0.1) is 6.10 Å². The predicted molar refractivity (Wildman–Crippen MR) is 74.2 cm³/mol. The molecule has 0 aliphatic carbocycles. The lowest BCUT2D eigenvalue weighted by molar-refractivity contribution is 0.110. The smallest absolute Gasteiger partial charge is 0.0917 e. The number of aliphatic hydroxyl groups excluding tert-OH is 1. The van der Waals surface area contributed by atoms with Gasteiger partial charge in [0.1, 0.15) is 0 Å². The molecule has 1 aliphatic rings. The fourth-order valence-corrected chi connectivity index (χ4v) is 3.46. The van der Waals surface area contributed by atoms with Crippen molar-refractivity contribution in [3.05, 3.63) is 29.8 Å². The van der Waals surface area contributed by atoms with Gasteiger partial charge in [-0.1, -0.05) is 12.1 Å². The minimum Gasteiger partial charge on any atom is -0.399 e. The van der Waals surface area contributed by atoms with Crippen LogP contribution in [0, 0.1) is 0 Å². The van der Waals surface area contributed by atoms with Gasteiger partial charge in [-0.2, -0.15) is 11.8 Å². The van der Waals surface area contributed by atoms with Gasteiger partial charge in [0.25, 0.3) is 0 Å². The van der Waals surface area contributed by atoms with Crippen LogP contribution in [-0.4, -0.2) is 41.1 Å². The number of benzene rings is 1. The quantitative estimate of drug-likeness (QED) is 0.801. The Bertz CT molecular complexity index is 366. The molecule has 2 rings (SSSR count). The number of nitrogens with zero attached hydrogens (tertiary/aromatic N) is 1. The Hall–Kier alpha value is -0.710. The summed E-state index contributed by atoms with van der Waals surface area (Å²) in [7, 11) is 2.09. The van der Waals surface area contributed by atoms with Crippen LogP contribution in [0.2, 0.25) is 0 Å². The maximum absolute atomic E-state index is 10.2. The van der Waals surface area contributed by atoms with Gasteiger partial charge in [-0.15, -0.1) is 0 Å². The summed E-state index contributed by atoms with van der Waals surface area (Å²) >= 11 is 1.99. The summed E-state index contributed by atoms with van der Waals surface area (Å²) in [6.45, 7) is 0.675. The highest BCUT2D eigenvalue weighted by atomic mass is 32.2. The molecule has 1 fully saturated rings. The maximum atomic E-state index is 10.2. The molecule has 0 radical (unpaired) electrons. The normalized spacial score (nSPS) is 21.9. The van der Waals surface area contributed by atoms with Crippen molar-refractivity contribution < 1.29 is 5.11 Å². The van der Waals surface area contributed by atoms with Gasteiger partial charge >= 0.3 is 0 Å². The molecule has 2 atom stereocenters. The van der Waals surface area contributed by atoms with Crippen LogP contribution >= 0.6 is 11.8 Å². The van der Waals surface area contributed by atoms with Gasteiger partial charge in [0.2, 0.25) is 0 Å². The fraction of sp³-hybridized carbons (Fsp3) is 0.538. The van der Waals surface area contributed by atoms with E-state index < -0.39 is 6.10 Å². The van der Waals surface area contributed by atoms with Crippen molar-refractivity contribution >= 4 is 17.4 Å². The molecule has 1 aromatic rings. The van der Waals surface area contributed by atoms with E-state index in [1.807, 2.05) is 36.0 Å². The number of likely N-dealkylation sites (N-methyl/N-ethyl adjacent to an activating group) is 1. The molecule has 0 bridgehead atoms. The minimum atomic E-state index is -0.450. The van der Waals surface area contributed by atoms with Crippen LogP contribution in [0.25, 0.3) is 0 Å². The van der Waals surface area contributed by atoms with E-state index in [1.54, 1.807) is 0 Å². The number of anilines is 1. The number of nitrogens with two attached hydrogens (primary N) is 1. The second-order valence-corrected chi connectivity index (χ2v) is 5.79. The van der Waals surface area contributed by atoms with Crippen molar-refractivity contribution in [2.24, 2.45) is 0 Å². The van der Waals surface area contributed by atoms with Gasteiger partial charge in [0, 0.05) is 24.0 Å². The standard InChI is InChI=1S/C13H20N2OS/c1-15(12-5-6-17-9-12)8-13(16)10-3-2-4-11(14)7-10/h2-4,7,12-13,16H,5-6,8-9,14H2,1H3. The van der Waals surface area contributed by atoms with Crippen molar-refractivity contribution in [2.75, 3.05) is 30.8 Å². The molecule has 0 spiro atoms. The van der Waals surface area contributed by atoms with E-state index in [4.69, 9.17) is 5.73 Å². The first kappa shape index (κ1) is 12.7. The molecular formula is C13H20N2OS. The monoisotopic (exact) mass is 252 g/mol. The zero-order valence-electron chi connectivity index (χ0n) is 10.2. The van der Waals surface area contributed by atoms with Gasteiger partial charge in [-0.05, 0) is 36.9 Å². The first-order chi connectivity index (χ1) is 8.16. The predicted octanol–water partition coefficient (Wildman–Crippen LogP) is 1.74. The third-order valence-corrected chi connectivity index (χ3v) is 4.43. The third kappa shape index (κ3) is 3.37. The summed E-state index contributed by atoms with van der Waals surface area (Å²) in [4.78, 5) is 2.26. The average molecular weight is 252 g/mol. The Kier molecular flexibility index (Phi) is 4.31. The number of hydrogen-bond acceptors (Lipinski definition) is 4. The Balaban J connectivity index is 1.93. The summed E-state index contributed by atoms with van der Waals surface area (Å²) in [5, 5.41) is 10.2. The lowest BCUT2D eigenvalue weighted by Crippen LogP contribution is -2.34. The molecule has 1 saturated heterocycles. The Labute approximate surface area is 107 Å². The number of thioether (sulfide) groups is 1. The largest absolute Gasteiger partial charge is 0.399 e. The first-order valence-electron chi connectivity index (χ1n) is 5.98. The molecule has 2 unspecified atom stereocenters. The second kappa shape index (κ2) is 5.76. The van der Waals surface area contributed by atoms with Crippen molar-refractivity contribution in [1.82, 2.24) is 4.90 Å². The van der Waals surface area contributed by atoms with Crippen LogP contribution in [0.1, 0.15) is 18.1 Å². The van der Waals surface area contributed by atoms with E-state index in [9.17, 15) is 5.11 Å². The molecule has 3 N–H and O–H groups in total. The number of nitrogen functional groups attached to an aromatic ring is 1. The molecule has 0 aromatic heterocycles. The molecule has 1 aromatic carbocycles. The van der Waals surface area contributed by atoms with E-state index in [0.29, 0.717) is 18.3 Å². The summed E-state index contributed by atoms with van der Waals surface area (Å²) < 4.78 is 0. The zero-order chi connectivity index (χ0) is 12.3. The Morgan fingerprint density at radius 3 is 3.06 bits per heavy atom. The van der Waals surface area contributed by atoms with Gasteiger partial charge in [-0.25, -0.2) is 0 Å². The van der Waals surface area contributed by atoms with Crippen LogP contribution in [0.15, 0.2) is 24.3 Å². The van der Waals surface area contributed by atoms with Crippen molar-refractivity contribution in [3.63, 3.8) is 0 Å². The van der Waals surface area contributed by atoms with E-state index in [1.165, 1.54) is 17.9 Å². The van der Waals surface area contributed by atoms with Gasteiger partial charge in [0.15, 0.2) is 0 Å². The lowest BCUT2D eigenvalue weighted by Gasteiger charge is -2.26. The highest BCUT2D eigenvalue weighted by molar-refractivity contribution is 7.99. The van der Waals surface area contributed by atoms with Crippen LogP contribution in [0.5, 0.6) is 0 Å². The van der Waals surface area contributed by atoms with Gasteiger partial charge in [-0.3, -0.25) is 4.90 Å². The first-order valence-corrected chi connectivity index (χ1v) is 7.14. The SMILES string of the molecule is CN(CC(O)c1cccc(N)c1)C1CCSC1. The van der Waals surface area contributed by atoms with Crippen LogP contribution in [0.3, 0.4) is 0 Å². The summed E-state index contributed by atoms with van der Waals surface area (Å²) in [5.74, 6) is 2.42. The van der Waals surface area contributed by atoms with Crippen LogP contribution in [0.4, 0.5) is 5.69 Å². The molecule has 94 valence electrons. The zero-order valence-corrected chi connectivity index (χ0v) is 11.0. The lowest BCUT2D eigenvalue weighted by atomic mass is 10.1. The molecular weight excluding hydrogens is 232 g/mol. The Morgan fingerprint density at radius 1 is 1.59 bits per heavy atom. The number of aliphatic hydroxyl groups is 1. The molecule has 4 heteroatoms. The average Bonchev–Trinajstić information content (AvgIpc) is 2.82. The highest BCUT2D eigenvalue weighted by Gasteiger charge is 2.22. The third-order valence-electron chi connectivity index (χ3n) is 3.29. The summed E-state index contributed by atoms with van der Waals surface area (Å²) in [5.41, 5.74) is 7.34. The van der Waals surface area contributed by atoms with E-state index in [2.05, 4.69) is 11.9 Å². The topological polar surface area (TPSA) is 49.5 Å². The maximum Gasteiger partial charge on any atom is 0.0917 e. The van der Waals surface area contributed by atoms with Crippen LogP contribution < -0.4 is 5.73 Å². The van der Waals surface area contributed by atoms with Gasteiger partial charge < -0.3 is 10.8 Å².